The molecule has 1 aliphatic rings. The fourth-order valence-electron chi connectivity index (χ4n) is 3.20. The van der Waals surface area contributed by atoms with Crippen molar-refractivity contribution in [1.82, 2.24) is 19.9 Å². The summed E-state index contributed by atoms with van der Waals surface area (Å²) in [6, 6.07) is 0. The van der Waals surface area contributed by atoms with Gasteiger partial charge in [0.05, 0.1) is 0 Å². The lowest BCUT2D eigenvalue weighted by molar-refractivity contribution is 0.198. The van der Waals surface area contributed by atoms with Gasteiger partial charge in [0.15, 0.2) is 0 Å². The molecule has 3 heterocycles. The Hall–Kier alpha value is -1.01. The van der Waals surface area contributed by atoms with Gasteiger partial charge in [0, 0.05) is 35.9 Å². The Balaban J connectivity index is 0.000000235. The summed E-state index contributed by atoms with van der Waals surface area (Å²) in [6.07, 6.45) is 2.56. The molecule has 3 rings (SSSR count). The molecule has 0 aromatic carbocycles. The molecule has 1 saturated heterocycles. The topological polar surface area (TPSA) is 60.8 Å². The number of nitrogens with zero attached hydrogens (tertiary/aromatic N) is 4. The minimum Gasteiger partial charge on any atom is -0.381 e. The Morgan fingerprint density at radius 1 is 0.655 bits per heavy atom. The number of aromatic nitrogens is 4. The standard InChI is InChI=1S/C9H13ClN2.C8H10Cl2N2.C4H8O/c1-5(2)8-6(3)11-9(10)12-7(8)4;1-4(2)6-5(3)11-8(10)12-7(6)9;1-2-4-5-3-1/h5H,1-4H3;4H,1-3H3;1-4H2. The van der Waals surface area contributed by atoms with E-state index in [1.165, 1.54) is 18.4 Å². The van der Waals surface area contributed by atoms with E-state index in [9.17, 15) is 0 Å². The summed E-state index contributed by atoms with van der Waals surface area (Å²) >= 11 is 17.2. The van der Waals surface area contributed by atoms with Crippen molar-refractivity contribution < 1.29 is 4.74 Å². The molecule has 0 amide bonds. The highest BCUT2D eigenvalue weighted by atomic mass is 35.5. The smallest absolute Gasteiger partial charge is 0.224 e. The van der Waals surface area contributed by atoms with Crippen LogP contribution in [-0.2, 0) is 4.74 Å². The van der Waals surface area contributed by atoms with Gasteiger partial charge < -0.3 is 4.74 Å². The molecule has 0 atom stereocenters. The average molecular weight is 462 g/mol. The van der Waals surface area contributed by atoms with Crippen LogP contribution in [0.1, 0.15) is 80.6 Å². The Morgan fingerprint density at radius 3 is 1.34 bits per heavy atom. The van der Waals surface area contributed by atoms with E-state index in [1.54, 1.807) is 0 Å². The first kappa shape index (κ1) is 26.0. The second-order valence-electron chi connectivity index (χ2n) is 7.49. The van der Waals surface area contributed by atoms with Gasteiger partial charge >= 0.3 is 0 Å². The second-order valence-corrected chi connectivity index (χ2v) is 8.52. The Kier molecular flexibility index (Phi) is 11.3. The van der Waals surface area contributed by atoms with Crippen molar-refractivity contribution in [3.63, 3.8) is 0 Å². The van der Waals surface area contributed by atoms with E-state index in [2.05, 4.69) is 33.8 Å². The fraction of sp³-hybridized carbons (Fsp3) is 0.619. The summed E-state index contributed by atoms with van der Waals surface area (Å²) in [5, 5.41) is 1.01. The summed E-state index contributed by atoms with van der Waals surface area (Å²) < 4.78 is 4.94. The molecule has 8 heteroatoms. The van der Waals surface area contributed by atoms with Gasteiger partial charge in [-0.3, -0.25) is 0 Å². The molecule has 0 aliphatic carbocycles. The van der Waals surface area contributed by atoms with Gasteiger partial charge in [-0.1, -0.05) is 39.3 Å². The number of hydrogen-bond donors (Lipinski definition) is 0. The summed E-state index contributed by atoms with van der Waals surface area (Å²) in [7, 11) is 0. The Morgan fingerprint density at radius 2 is 1.03 bits per heavy atom. The third kappa shape index (κ3) is 8.71. The molecule has 162 valence electrons. The molecule has 1 aliphatic heterocycles. The van der Waals surface area contributed by atoms with E-state index < -0.39 is 0 Å². The fourth-order valence-corrected chi connectivity index (χ4v) is 4.14. The van der Waals surface area contributed by atoms with Gasteiger partial charge in [-0.15, -0.1) is 0 Å². The highest BCUT2D eigenvalue weighted by molar-refractivity contribution is 6.32. The van der Waals surface area contributed by atoms with Gasteiger partial charge in [-0.2, -0.15) is 0 Å². The third-order valence-electron chi connectivity index (χ3n) is 4.34. The molecule has 0 saturated carbocycles. The van der Waals surface area contributed by atoms with Crippen LogP contribution in [0.4, 0.5) is 0 Å². The zero-order chi connectivity index (χ0) is 22.1. The molecule has 0 spiro atoms. The second kappa shape index (κ2) is 12.6. The minimum atomic E-state index is 0.210. The number of hydrogen-bond acceptors (Lipinski definition) is 5. The van der Waals surface area contributed by atoms with E-state index in [1.807, 2.05) is 34.6 Å². The van der Waals surface area contributed by atoms with Crippen LogP contribution >= 0.6 is 34.8 Å². The molecule has 2 aromatic rings. The lowest BCUT2D eigenvalue weighted by Crippen LogP contribution is -2.02. The number of halogens is 3. The first-order valence-electron chi connectivity index (χ1n) is 9.82. The third-order valence-corrected chi connectivity index (χ3v) is 4.97. The first-order valence-corrected chi connectivity index (χ1v) is 11.0. The van der Waals surface area contributed by atoms with Crippen molar-refractivity contribution in [2.24, 2.45) is 0 Å². The minimum absolute atomic E-state index is 0.210. The molecule has 2 aromatic heterocycles. The summed E-state index contributed by atoms with van der Waals surface area (Å²) in [6.45, 7) is 16.2. The number of rotatable bonds is 2. The lowest BCUT2D eigenvalue weighted by atomic mass is 10.0. The zero-order valence-corrected chi connectivity index (χ0v) is 20.6. The van der Waals surface area contributed by atoms with Crippen molar-refractivity contribution in [2.45, 2.75) is 73.1 Å². The molecule has 1 fully saturated rings. The largest absolute Gasteiger partial charge is 0.381 e. The van der Waals surface area contributed by atoms with Gasteiger partial charge in [-0.05, 0) is 74.2 Å². The van der Waals surface area contributed by atoms with Gasteiger partial charge in [0.25, 0.3) is 0 Å². The molecule has 0 radical (unpaired) electrons. The molecule has 0 bridgehead atoms. The predicted molar refractivity (Wildman–Crippen MR) is 122 cm³/mol. The van der Waals surface area contributed by atoms with Crippen molar-refractivity contribution in [3.8, 4) is 0 Å². The molecular formula is C21H31Cl3N4O. The van der Waals surface area contributed by atoms with Gasteiger partial charge in [0.1, 0.15) is 5.15 Å². The van der Waals surface area contributed by atoms with Crippen LogP contribution in [0.5, 0.6) is 0 Å². The van der Waals surface area contributed by atoms with E-state index in [-0.39, 0.29) is 5.28 Å². The average Bonchev–Trinajstić information content (AvgIpc) is 3.12. The molecule has 0 unspecified atom stereocenters. The monoisotopic (exact) mass is 460 g/mol. The van der Waals surface area contributed by atoms with Crippen LogP contribution < -0.4 is 0 Å². The van der Waals surface area contributed by atoms with Crippen molar-refractivity contribution in [2.75, 3.05) is 13.2 Å². The van der Waals surface area contributed by atoms with Crippen molar-refractivity contribution >= 4 is 34.8 Å². The normalized spacial score (nSPS) is 13.1. The Bertz CT molecular complexity index is 678. The quantitative estimate of drug-likeness (QED) is 0.360. The van der Waals surface area contributed by atoms with Crippen LogP contribution in [0.15, 0.2) is 0 Å². The zero-order valence-electron chi connectivity index (χ0n) is 18.3. The first-order chi connectivity index (χ1) is 13.5. The Labute approximate surface area is 189 Å². The van der Waals surface area contributed by atoms with Crippen LogP contribution in [0.25, 0.3) is 0 Å². The molecule has 0 N–H and O–H groups in total. The maximum Gasteiger partial charge on any atom is 0.224 e. The maximum atomic E-state index is 5.89. The predicted octanol–water partition coefficient (Wildman–Crippen LogP) is 6.88. The molecule has 29 heavy (non-hydrogen) atoms. The van der Waals surface area contributed by atoms with Crippen LogP contribution in [0.3, 0.4) is 0 Å². The summed E-state index contributed by atoms with van der Waals surface area (Å²) in [5.74, 6) is 0.789. The van der Waals surface area contributed by atoms with Crippen molar-refractivity contribution in [3.05, 3.63) is 43.9 Å². The SMILES string of the molecule is C1CCOC1.Cc1nc(Cl)nc(C)c1C(C)C.Cc1nc(Cl)nc(Cl)c1C(C)C. The van der Waals surface area contributed by atoms with Gasteiger partial charge in [-0.25, -0.2) is 19.9 Å². The molecular weight excluding hydrogens is 431 g/mol. The van der Waals surface area contributed by atoms with E-state index in [0.717, 1.165) is 35.9 Å². The van der Waals surface area contributed by atoms with Crippen LogP contribution in [0, 0.1) is 20.8 Å². The maximum absolute atomic E-state index is 5.89. The number of aryl methyl sites for hydroxylation is 3. The van der Waals surface area contributed by atoms with Crippen LogP contribution in [-0.4, -0.2) is 33.1 Å². The summed E-state index contributed by atoms with van der Waals surface area (Å²) in [4.78, 5) is 16.1. The van der Waals surface area contributed by atoms with E-state index in [4.69, 9.17) is 39.5 Å². The summed E-state index contributed by atoms with van der Waals surface area (Å²) in [5.41, 5.74) is 5.01. The van der Waals surface area contributed by atoms with E-state index in [0.29, 0.717) is 22.3 Å². The van der Waals surface area contributed by atoms with E-state index >= 15 is 0 Å². The van der Waals surface area contributed by atoms with Crippen molar-refractivity contribution in [1.29, 1.82) is 0 Å². The lowest BCUT2D eigenvalue weighted by Gasteiger charge is -2.11. The number of ether oxygens (including phenoxy) is 1. The van der Waals surface area contributed by atoms with Crippen LogP contribution in [0.2, 0.25) is 15.7 Å². The van der Waals surface area contributed by atoms with Gasteiger partial charge in [0.2, 0.25) is 10.6 Å². The highest BCUT2D eigenvalue weighted by Crippen LogP contribution is 2.25. The molecule has 5 nitrogen and oxygen atoms in total. The highest BCUT2D eigenvalue weighted by Gasteiger charge is 2.12.